The highest BCUT2D eigenvalue weighted by Gasteiger charge is 2.22. The molecule has 98 valence electrons. The lowest BCUT2D eigenvalue weighted by molar-refractivity contribution is 0.147. The molecule has 2 bridgehead atoms. The van der Waals surface area contributed by atoms with E-state index in [0.29, 0.717) is 0 Å². The Labute approximate surface area is 120 Å². The number of piperazine rings is 1. The Bertz CT molecular complexity index is 433. The van der Waals surface area contributed by atoms with Crippen LogP contribution in [0.4, 0.5) is 0 Å². The average molecular weight is 311 g/mol. The van der Waals surface area contributed by atoms with Crippen molar-refractivity contribution in [3.8, 4) is 5.75 Å². The second kappa shape index (κ2) is 5.64. The van der Waals surface area contributed by atoms with Crippen molar-refractivity contribution in [2.75, 3.05) is 33.2 Å². The first-order valence-electron chi connectivity index (χ1n) is 6.39. The van der Waals surface area contributed by atoms with Crippen LogP contribution < -0.4 is 10.1 Å². The van der Waals surface area contributed by atoms with Gasteiger partial charge in [-0.2, -0.15) is 0 Å². The number of halogens is 1. The van der Waals surface area contributed by atoms with Gasteiger partial charge in [0.2, 0.25) is 0 Å². The number of rotatable bonds is 2. The summed E-state index contributed by atoms with van der Waals surface area (Å²) >= 11 is 0. The zero-order valence-electron chi connectivity index (χ0n) is 11.1. The molecule has 0 atom stereocenters. The Balaban J connectivity index is 0.00000120. The first-order chi connectivity index (χ1) is 8.24. The first-order valence-corrected chi connectivity index (χ1v) is 6.39. The molecule has 3 rings (SSSR count). The Kier molecular flexibility index (Phi) is 4.35. The largest absolute Gasteiger partial charge is 0.559 e. The van der Waals surface area contributed by atoms with Crippen LogP contribution >= 0.6 is 17.0 Å². The molecule has 0 saturated carbocycles. The monoisotopic (exact) mass is 310 g/mol. The molecule has 0 aliphatic carbocycles. The zero-order chi connectivity index (χ0) is 11.8. The van der Waals surface area contributed by atoms with Gasteiger partial charge < -0.3 is 9.55 Å². The van der Waals surface area contributed by atoms with E-state index in [1.54, 1.807) is 0 Å². The summed E-state index contributed by atoms with van der Waals surface area (Å²) in [6.45, 7) is 7.88. The van der Waals surface area contributed by atoms with E-state index in [2.05, 4.69) is 35.9 Å². The van der Waals surface area contributed by atoms with Crippen LogP contribution in [0.2, 0.25) is 0 Å². The molecule has 5 heteroatoms. The average Bonchev–Trinajstić information content (AvgIpc) is 2.57. The molecule has 2 aliphatic rings. The van der Waals surface area contributed by atoms with Gasteiger partial charge in [-0.1, -0.05) is 12.1 Å². The van der Waals surface area contributed by atoms with Crippen molar-refractivity contribution in [1.82, 2.24) is 9.80 Å². The molecule has 2 heterocycles. The Morgan fingerprint density at radius 3 is 2.67 bits per heavy atom. The van der Waals surface area contributed by atoms with Crippen molar-refractivity contribution in [3.63, 3.8) is 0 Å². The van der Waals surface area contributed by atoms with Gasteiger partial charge >= 0.3 is 7.48 Å². The number of likely N-dealkylation sites (N-methyl/N-ethyl adjacent to an activating group) is 1. The van der Waals surface area contributed by atoms with Crippen LogP contribution in [0.25, 0.3) is 0 Å². The van der Waals surface area contributed by atoms with E-state index in [-0.39, 0.29) is 17.0 Å². The van der Waals surface area contributed by atoms with Crippen molar-refractivity contribution in [2.24, 2.45) is 0 Å². The smallest absolute Gasteiger partial charge is 0.374 e. The van der Waals surface area contributed by atoms with Crippen molar-refractivity contribution in [1.29, 1.82) is 0 Å². The number of fused-ring (bicyclic) bond motifs is 2. The Morgan fingerprint density at radius 1 is 1.22 bits per heavy atom. The standard InChI is InChI=1S/C13H19BN2O.BrH/c1-10-12-4-3-11(13(10)17-14-12)9-16-7-5-15(2)6-8-16;/h3-4,14H,5-9H2,1-2H3;1H. The maximum absolute atomic E-state index is 5.77. The zero-order valence-corrected chi connectivity index (χ0v) is 12.8. The van der Waals surface area contributed by atoms with Crippen LogP contribution in [-0.2, 0) is 6.54 Å². The van der Waals surface area contributed by atoms with Gasteiger partial charge in [-0.3, -0.25) is 4.90 Å². The summed E-state index contributed by atoms with van der Waals surface area (Å²) in [7, 11) is 2.96. The first kappa shape index (κ1) is 13.9. The van der Waals surface area contributed by atoms with Crippen LogP contribution in [0.15, 0.2) is 12.1 Å². The molecule has 0 aromatic heterocycles. The summed E-state index contributed by atoms with van der Waals surface area (Å²) in [5, 5.41) is 0. The molecule has 18 heavy (non-hydrogen) atoms. The van der Waals surface area contributed by atoms with Crippen LogP contribution in [0.5, 0.6) is 5.75 Å². The highest BCUT2D eigenvalue weighted by Crippen LogP contribution is 2.27. The highest BCUT2D eigenvalue weighted by atomic mass is 79.9. The third kappa shape index (κ3) is 2.58. The minimum atomic E-state index is 0. The second-order valence-electron chi connectivity index (χ2n) is 5.21. The molecule has 1 aromatic rings. The quantitative estimate of drug-likeness (QED) is 0.748. The van der Waals surface area contributed by atoms with Gasteiger partial charge in [-0.15, -0.1) is 17.0 Å². The van der Waals surface area contributed by atoms with Gasteiger partial charge in [-0.05, 0) is 25.0 Å². The molecule has 0 amide bonds. The van der Waals surface area contributed by atoms with Crippen molar-refractivity contribution >= 4 is 29.9 Å². The fourth-order valence-corrected chi connectivity index (χ4v) is 2.67. The number of hydrogen-bond acceptors (Lipinski definition) is 3. The van der Waals surface area contributed by atoms with E-state index in [1.165, 1.54) is 29.7 Å². The topological polar surface area (TPSA) is 15.7 Å². The van der Waals surface area contributed by atoms with Gasteiger partial charge in [0, 0.05) is 38.3 Å². The summed E-state index contributed by atoms with van der Waals surface area (Å²) in [5.74, 6) is 1.14. The van der Waals surface area contributed by atoms with E-state index in [0.717, 1.165) is 32.9 Å². The van der Waals surface area contributed by atoms with Crippen LogP contribution in [0.3, 0.4) is 0 Å². The maximum Gasteiger partial charge on any atom is 0.374 e. The predicted molar refractivity (Wildman–Crippen MR) is 81.7 cm³/mol. The lowest BCUT2D eigenvalue weighted by atomic mass is 9.87. The minimum absolute atomic E-state index is 0. The van der Waals surface area contributed by atoms with E-state index >= 15 is 0 Å². The van der Waals surface area contributed by atoms with E-state index in [4.69, 9.17) is 4.65 Å². The molecular weight excluding hydrogens is 291 g/mol. The van der Waals surface area contributed by atoms with Crippen molar-refractivity contribution < 1.29 is 4.65 Å². The maximum atomic E-state index is 5.77. The van der Waals surface area contributed by atoms with Crippen LogP contribution in [-0.4, -0.2) is 50.5 Å². The third-order valence-corrected chi connectivity index (χ3v) is 3.96. The van der Waals surface area contributed by atoms with Crippen molar-refractivity contribution in [3.05, 3.63) is 23.3 Å². The van der Waals surface area contributed by atoms with Gasteiger partial charge in [0.05, 0.1) is 0 Å². The van der Waals surface area contributed by atoms with E-state index in [1.807, 2.05) is 0 Å². The summed E-state index contributed by atoms with van der Waals surface area (Å²) in [4.78, 5) is 4.91. The van der Waals surface area contributed by atoms with Crippen LogP contribution in [0, 0.1) is 6.92 Å². The van der Waals surface area contributed by atoms with Crippen LogP contribution in [0.1, 0.15) is 11.1 Å². The number of hydrogen-bond donors (Lipinski definition) is 0. The van der Waals surface area contributed by atoms with E-state index in [9.17, 15) is 0 Å². The predicted octanol–water partition coefficient (Wildman–Crippen LogP) is 0.690. The second-order valence-corrected chi connectivity index (χ2v) is 5.21. The summed E-state index contributed by atoms with van der Waals surface area (Å²) < 4.78 is 5.77. The molecule has 1 saturated heterocycles. The molecule has 2 aliphatic heterocycles. The van der Waals surface area contributed by atoms with Gasteiger partial charge in [0.15, 0.2) is 0 Å². The van der Waals surface area contributed by atoms with Gasteiger partial charge in [0.25, 0.3) is 0 Å². The molecule has 0 N–H and O–H groups in total. The molecule has 1 aromatic carbocycles. The highest BCUT2D eigenvalue weighted by molar-refractivity contribution is 8.93. The third-order valence-electron chi connectivity index (χ3n) is 3.96. The normalized spacial score (nSPS) is 19.0. The fraction of sp³-hybridized carbons (Fsp3) is 0.538. The molecule has 0 spiro atoms. The molecular formula is C13H20BBrN2O. The fourth-order valence-electron chi connectivity index (χ4n) is 2.67. The SMILES string of the molecule is Br.Cc1c2ccc(CN3CCN(C)CC3)c1OB2. The summed E-state index contributed by atoms with van der Waals surface area (Å²) in [6.07, 6.45) is 0. The van der Waals surface area contributed by atoms with Crippen molar-refractivity contribution in [2.45, 2.75) is 13.5 Å². The lowest BCUT2D eigenvalue weighted by Gasteiger charge is -2.32. The summed E-state index contributed by atoms with van der Waals surface area (Å²) in [5.41, 5.74) is 4.05. The summed E-state index contributed by atoms with van der Waals surface area (Å²) in [6, 6.07) is 4.46. The van der Waals surface area contributed by atoms with E-state index < -0.39 is 0 Å². The number of benzene rings is 1. The lowest BCUT2D eigenvalue weighted by Crippen LogP contribution is -2.43. The van der Waals surface area contributed by atoms with Gasteiger partial charge in [-0.25, -0.2) is 0 Å². The molecule has 0 radical (unpaired) electrons. The Morgan fingerprint density at radius 2 is 1.94 bits per heavy atom. The molecule has 0 unspecified atom stereocenters. The van der Waals surface area contributed by atoms with Gasteiger partial charge in [0.1, 0.15) is 5.75 Å². The Hall–Kier alpha value is -0.515. The molecule has 1 fully saturated rings. The molecule has 3 nitrogen and oxygen atoms in total. The minimum Gasteiger partial charge on any atom is -0.559 e. The number of nitrogens with zero attached hydrogens (tertiary/aromatic N) is 2.